The zero-order chi connectivity index (χ0) is 14.2. The van der Waals surface area contributed by atoms with Crippen LogP contribution in [0.5, 0.6) is 0 Å². The number of hydrogen-bond donors (Lipinski definition) is 1. The third-order valence-electron chi connectivity index (χ3n) is 4.06. The second kappa shape index (κ2) is 5.47. The minimum Gasteiger partial charge on any atom is -0.367 e. The Hall–Kier alpha value is -1.13. The summed E-state index contributed by atoms with van der Waals surface area (Å²) < 4.78 is 14.2. The molecule has 0 radical (unpaired) electrons. The molecule has 3 atom stereocenters. The van der Waals surface area contributed by atoms with Crippen molar-refractivity contribution in [3.8, 4) is 0 Å². The van der Waals surface area contributed by atoms with Crippen LogP contribution in [0.3, 0.4) is 0 Å². The molecule has 1 aliphatic heterocycles. The number of likely N-dealkylation sites (N-methyl/N-ethyl adjacent to an activating group) is 1. The molecule has 2 rings (SSSR count). The molecule has 1 aromatic rings. The van der Waals surface area contributed by atoms with Gasteiger partial charge in [-0.25, -0.2) is 4.39 Å². The monoisotopic (exact) mass is 265 g/mol. The Kier molecular flexibility index (Phi) is 4.11. The molecule has 106 valence electrons. The molecule has 19 heavy (non-hydrogen) atoms. The molecule has 0 bridgehead atoms. The number of para-hydroxylation sites is 1. The molecule has 0 saturated carbocycles. The van der Waals surface area contributed by atoms with E-state index in [1.165, 1.54) is 6.07 Å². The standard InChI is InChI=1S/C15H24FN3/c1-10-8-19(9-14(10)18(3)4)15-12(11(2)17)6-5-7-13(15)16/h5-7,10-11,14H,8-9,17H2,1-4H3. The Bertz CT molecular complexity index is 445. The van der Waals surface area contributed by atoms with Crippen LogP contribution in [0.2, 0.25) is 0 Å². The second-order valence-corrected chi connectivity index (χ2v) is 5.88. The van der Waals surface area contributed by atoms with Gasteiger partial charge in [-0.3, -0.25) is 0 Å². The van der Waals surface area contributed by atoms with E-state index in [-0.39, 0.29) is 11.9 Å². The van der Waals surface area contributed by atoms with Crippen molar-refractivity contribution in [3.63, 3.8) is 0 Å². The van der Waals surface area contributed by atoms with Gasteiger partial charge in [-0.05, 0) is 38.6 Å². The third kappa shape index (κ3) is 2.74. The number of nitrogens with two attached hydrogens (primary N) is 1. The molecule has 0 aliphatic carbocycles. The molecule has 0 aromatic heterocycles. The van der Waals surface area contributed by atoms with Crippen molar-refractivity contribution in [3.05, 3.63) is 29.6 Å². The van der Waals surface area contributed by atoms with Crippen LogP contribution < -0.4 is 10.6 Å². The average molecular weight is 265 g/mol. The molecule has 1 aromatic carbocycles. The zero-order valence-electron chi connectivity index (χ0n) is 12.2. The molecule has 2 N–H and O–H groups in total. The van der Waals surface area contributed by atoms with Crippen LogP contribution in [-0.2, 0) is 0 Å². The molecule has 1 aliphatic rings. The summed E-state index contributed by atoms with van der Waals surface area (Å²) in [4.78, 5) is 4.36. The summed E-state index contributed by atoms with van der Waals surface area (Å²) in [7, 11) is 4.16. The quantitative estimate of drug-likeness (QED) is 0.909. The maximum absolute atomic E-state index is 14.2. The lowest BCUT2D eigenvalue weighted by molar-refractivity contribution is 0.266. The largest absolute Gasteiger partial charge is 0.367 e. The van der Waals surface area contributed by atoms with E-state index in [2.05, 4.69) is 30.8 Å². The molecule has 0 spiro atoms. The van der Waals surface area contributed by atoms with Gasteiger partial charge in [0.1, 0.15) is 5.82 Å². The fourth-order valence-electron chi connectivity index (χ4n) is 3.04. The van der Waals surface area contributed by atoms with Gasteiger partial charge in [0, 0.05) is 25.2 Å². The normalized spacial score (nSPS) is 25.1. The van der Waals surface area contributed by atoms with Crippen molar-refractivity contribution in [2.24, 2.45) is 11.7 Å². The lowest BCUT2D eigenvalue weighted by atomic mass is 10.1. The summed E-state index contributed by atoms with van der Waals surface area (Å²) in [5, 5.41) is 0. The highest BCUT2D eigenvalue weighted by Gasteiger charge is 2.33. The van der Waals surface area contributed by atoms with Crippen LogP contribution in [0.1, 0.15) is 25.5 Å². The lowest BCUT2D eigenvalue weighted by Gasteiger charge is -2.25. The van der Waals surface area contributed by atoms with E-state index >= 15 is 0 Å². The summed E-state index contributed by atoms with van der Waals surface area (Å²) >= 11 is 0. The number of nitrogens with zero attached hydrogens (tertiary/aromatic N) is 2. The van der Waals surface area contributed by atoms with Crippen LogP contribution in [-0.4, -0.2) is 38.1 Å². The van der Waals surface area contributed by atoms with E-state index in [0.717, 1.165) is 18.7 Å². The van der Waals surface area contributed by atoms with Gasteiger partial charge < -0.3 is 15.5 Å². The van der Waals surface area contributed by atoms with Gasteiger partial charge in [-0.1, -0.05) is 19.1 Å². The number of anilines is 1. The number of hydrogen-bond acceptors (Lipinski definition) is 3. The van der Waals surface area contributed by atoms with Crippen LogP contribution in [0, 0.1) is 11.7 Å². The Labute approximate surface area is 115 Å². The van der Waals surface area contributed by atoms with Crippen molar-refractivity contribution in [2.45, 2.75) is 25.9 Å². The molecule has 3 unspecified atom stereocenters. The molecule has 1 saturated heterocycles. The first-order chi connectivity index (χ1) is 8.91. The van der Waals surface area contributed by atoms with Crippen molar-refractivity contribution >= 4 is 5.69 Å². The predicted octanol–water partition coefficient (Wildman–Crippen LogP) is 2.23. The van der Waals surface area contributed by atoms with E-state index in [1.54, 1.807) is 6.07 Å². The zero-order valence-corrected chi connectivity index (χ0v) is 12.2. The minimum absolute atomic E-state index is 0.153. The SMILES string of the molecule is CC(N)c1cccc(F)c1N1CC(C)C(N(C)C)C1. The van der Waals surface area contributed by atoms with E-state index in [9.17, 15) is 4.39 Å². The third-order valence-corrected chi connectivity index (χ3v) is 4.06. The van der Waals surface area contributed by atoms with E-state index in [1.807, 2.05) is 13.0 Å². The first-order valence-electron chi connectivity index (χ1n) is 6.87. The van der Waals surface area contributed by atoms with Crippen LogP contribution >= 0.6 is 0 Å². The summed E-state index contributed by atoms with van der Waals surface area (Å²) in [6, 6.07) is 5.49. The van der Waals surface area contributed by atoms with Gasteiger partial charge in [0.2, 0.25) is 0 Å². The lowest BCUT2D eigenvalue weighted by Crippen LogP contribution is -2.34. The van der Waals surface area contributed by atoms with E-state index in [4.69, 9.17) is 5.73 Å². The Morgan fingerprint density at radius 2 is 2.05 bits per heavy atom. The molecule has 4 heteroatoms. The van der Waals surface area contributed by atoms with Gasteiger partial charge in [-0.2, -0.15) is 0 Å². The summed E-state index contributed by atoms with van der Waals surface area (Å²) in [5.41, 5.74) is 7.56. The molecular formula is C15H24FN3. The first kappa shape index (κ1) is 14.3. The maximum atomic E-state index is 14.2. The summed E-state index contributed by atoms with van der Waals surface area (Å²) in [5.74, 6) is 0.358. The van der Waals surface area contributed by atoms with Gasteiger partial charge in [0.05, 0.1) is 5.69 Å². The van der Waals surface area contributed by atoms with Gasteiger partial charge >= 0.3 is 0 Å². The molecule has 1 fully saturated rings. The Balaban J connectivity index is 2.33. The number of benzene rings is 1. The van der Waals surface area contributed by atoms with Crippen molar-refractivity contribution in [1.82, 2.24) is 4.90 Å². The van der Waals surface area contributed by atoms with Crippen molar-refractivity contribution in [2.75, 3.05) is 32.1 Å². The highest BCUT2D eigenvalue weighted by atomic mass is 19.1. The molecule has 3 nitrogen and oxygen atoms in total. The second-order valence-electron chi connectivity index (χ2n) is 5.88. The van der Waals surface area contributed by atoms with E-state index < -0.39 is 0 Å². The highest BCUT2D eigenvalue weighted by Crippen LogP contribution is 2.33. The summed E-state index contributed by atoms with van der Waals surface area (Å²) in [6.07, 6.45) is 0. The number of rotatable bonds is 3. The average Bonchev–Trinajstić information content (AvgIpc) is 2.70. The topological polar surface area (TPSA) is 32.5 Å². The highest BCUT2D eigenvalue weighted by molar-refractivity contribution is 5.57. The van der Waals surface area contributed by atoms with Crippen molar-refractivity contribution in [1.29, 1.82) is 0 Å². The predicted molar refractivity (Wildman–Crippen MR) is 77.9 cm³/mol. The van der Waals surface area contributed by atoms with Crippen LogP contribution in [0.25, 0.3) is 0 Å². The Morgan fingerprint density at radius 3 is 2.58 bits per heavy atom. The van der Waals surface area contributed by atoms with Gasteiger partial charge in [0.15, 0.2) is 0 Å². The maximum Gasteiger partial charge on any atom is 0.146 e. The molecule has 0 amide bonds. The van der Waals surface area contributed by atoms with Crippen LogP contribution in [0.15, 0.2) is 18.2 Å². The number of halogens is 1. The molecule has 1 heterocycles. The fourth-order valence-corrected chi connectivity index (χ4v) is 3.04. The smallest absolute Gasteiger partial charge is 0.146 e. The van der Waals surface area contributed by atoms with Gasteiger partial charge in [-0.15, -0.1) is 0 Å². The summed E-state index contributed by atoms with van der Waals surface area (Å²) in [6.45, 7) is 5.86. The first-order valence-corrected chi connectivity index (χ1v) is 6.87. The van der Waals surface area contributed by atoms with Gasteiger partial charge in [0.25, 0.3) is 0 Å². The Morgan fingerprint density at radius 1 is 1.37 bits per heavy atom. The molecular weight excluding hydrogens is 241 g/mol. The van der Waals surface area contributed by atoms with E-state index in [0.29, 0.717) is 17.6 Å². The van der Waals surface area contributed by atoms with Crippen molar-refractivity contribution < 1.29 is 4.39 Å². The van der Waals surface area contributed by atoms with Crippen LogP contribution in [0.4, 0.5) is 10.1 Å². The minimum atomic E-state index is -0.165. The fraction of sp³-hybridized carbons (Fsp3) is 0.600.